The molecule has 0 spiro atoms. The van der Waals surface area contributed by atoms with Gasteiger partial charge in [-0.15, -0.1) is 0 Å². The molecular formula is C9H17NO. The molecule has 64 valence electrons. The first-order chi connectivity index (χ1) is 5.31. The molecule has 0 aromatic heterocycles. The molecule has 2 nitrogen and oxygen atoms in total. The summed E-state index contributed by atoms with van der Waals surface area (Å²) < 4.78 is 0. The second-order valence-electron chi connectivity index (χ2n) is 2.44. The monoisotopic (exact) mass is 155 g/mol. The van der Waals surface area contributed by atoms with Crippen molar-refractivity contribution in [1.29, 1.82) is 0 Å². The molecule has 1 unspecified atom stereocenters. The summed E-state index contributed by atoms with van der Waals surface area (Å²) in [5.41, 5.74) is 5.46. The summed E-state index contributed by atoms with van der Waals surface area (Å²) in [7, 11) is 0. The lowest BCUT2D eigenvalue weighted by molar-refractivity contribution is 0.266. The van der Waals surface area contributed by atoms with E-state index in [1.165, 1.54) is 0 Å². The lowest BCUT2D eigenvalue weighted by Gasteiger charge is -2.00. The zero-order valence-corrected chi connectivity index (χ0v) is 7.03. The van der Waals surface area contributed by atoms with E-state index in [0.717, 1.165) is 12.8 Å². The van der Waals surface area contributed by atoms with Gasteiger partial charge >= 0.3 is 0 Å². The first kappa shape index (κ1) is 10.4. The molecule has 0 aliphatic rings. The predicted octanol–water partition coefficient (Wildman–Crippen LogP) is 1.22. The molecule has 0 fully saturated rings. The van der Waals surface area contributed by atoms with E-state index < -0.39 is 0 Å². The first-order valence-corrected chi connectivity index (χ1v) is 3.99. The number of rotatable bonds is 5. The van der Waals surface area contributed by atoms with Crippen molar-refractivity contribution in [2.24, 2.45) is 5.73 Å². The normalized spacial score (nSPS) is 14.8. The fourth-order valence-corrected chi connectivity index (χ4v) is 0.621. The molecule has 11 heavy (non-hydrogen) atoms. The second-order valence-corrected chi connectivity index (χ2v) is 2.44. The average molecular weight is 155 g/mol. The van der Waals surface area contributed by atoms with Crippen molar-refractivity contribution in [3.8, 4) is 0 Å². The Morgan fingerprint density at radius 1 is 1.36 bits per heavy atom. The molecule has 0 saturated heterocycles. The Hall–Kier alpha value is -0.600. The molecule has 0 aliphatic carbocycles. The van der Waals surface area contributed by atoms with Gasteiger partial charge in [0.2, 0.25) is 0 Å². The highest BCUT2D eigenvalue weighted by Crippen LogP contribution is 1.89. The van der Waals surface area contributed by atoms with Crippen LogP contribution in [-0.4, -0.2) is 17.8 Å². The van der Waals surface area contributed by atoms with Crippen molar-refractivity contribution < 1.29 is 5.11 Å². The van der Waals surface area contributed by atoms with Gasteiger partial charge < -0.3 is 10.8 Å². The first-order valence-electron chi connectivity index (χ1n) is 3.99. The maximum Gasteiger partial charge on any atom is 0.0585 e. The zero-order valence-electron chi connectivity index (χ0n) is 7.03. The van der Waals surface area contributed by atoms with Crippen LogP contribution in [0, 0.1) is 0 Å². The number of nitrogens with two attached hydrogens (primary N) is 1. The van der Waals surface area contributed by atoms with E-state index in [9.17, 15) is 0 Å². The summed E-state index contributed by atoms with van der Waals surface area (Å²) in [6.45, 7) is 2.14. The Balaban J connectivity index is 3.36. The summed E-state index contributed by atoms with van der Waals surface area (Å²) >= 11 is 0. The SMILES string of the molecule is CC/C=C/C=C/CC(N)CO. The molecule has 1 atom stereocenters. The third kappa shape index (κ3) is 7.30. The Morgan fingerprint density at radius 2 is 2.00 bits per heavy atom. The molecule has 0 radical (unpaired) electrons. The van der Waals surface area contributed by atoms with Gasteiger partial charge in [0.25, 0.3) is 0 Å². The van der Waals surface area contributed by atoms with Gasteiger partial charge in [0.05, 0.1) is 6.61 Å². The van der Waals surface area contributed by atoms with Gasteiger partial charge in [0.15, 0.2) is 0 Å². The molecule has 0 bridgehead atoms. The van der Waals surface area contributed by atoms with Crippen LogP contribution in [0.2, 0.25) is 0 Å². The van der Waals surface area contributed by atoms with Gasteiger partial charge in [-0.3, -0.25) is 0 Å². The average Bonchev–Trinajstić information content (AvgIpc) is 2.04. The van der Waals surface area contributed by atoms with E-state index in [1.807, 2.05) is 18.2 Å². The molecule has 0 aliphatic heterocycles. The quantitative estimate of drug-likeness (QED) is 0.586. The predicted molar refractivity (Wildman–Crippen MR) is 48.2 cm³/mol. The zero-order chi connectivity index (χ0) is 8.53. The van der Waals surface area contributed by atoms with Crippen molar-refractivity contribution in [3.63, 3.8) is 0 Å². The Bertz CT molecular complexity index is 130. The maximum absolute atomic E-state index is 8.56. The van der Waals surface area contributed by atoms with Crippen LogP contribution in [0.1, 0.15) is 19.8 Å². The van der Waals surface area contributed by atoms with E-state index in [4.69, 9.17) is 10.8 Å². The van der Waals surface area contributed by atoms with Crippen LogP contribution in [-0.2, 0) is 0 Å². The summed E-state index contributed by atoms with van der Waals surface area (Å²) in [5, 5.41) is 8.56. The third-order valence-electron chi connectivity index (χ3n) is 1.29. The highest BCUT2D eigenvalue weighted by molar-refractivity contribution is 5.02. The number of hydrogen-bond donors (Lipinski definition) is 2. The van der Waals surface area contributed by atoms with Crippen LogP contribution >= 0.6 is 0 Å². The lowest BCUT2D eigenvalue weighted by Crippen LogP contribution is -2.22. The number of aliphatic hydroxyl groups is 1. The molecule has 0 saturated carbocycles. The summed E-state index contributed by atoms with van der Waals surface area (Å²) in [5.74, 6) is 0. The summed E-state index contributed by atoms with van der Waals surface area (Å²) in [4.78, 5) is 0. The van der Waals surface area contributed by atoms with E-state index in [1.54, 1.807) is 0 Å². The largest absolute Gasteiger partial charge is 0.395 e. The van der Waals surface area contributed by atoms with Crippen LogP contribution < -0.4 is 5.73 Å². The van der Waals surface area contributed by atoms with Crippen LogP contribution in [0.25, 0.3) is 0 Å². The van der Waals surface area contributed by atoms with E-state index in [2.05, 4.69) is 13.0 Å². The fourth-order valence-electron chi connectivity index (χ4n) is 0.621. The van der Waals surface area contributed by atoms with Gasteiger partial charge in [0, 0.05) is 6.04 Å². The van der Waals surface area contributed by atoms with Gasteiger partial charge in [-0.05, 0) is 12.8 Å². The Morgan fingerprint density at radius 3 is 2.55 bits per heavy atom. The minimum absolute atomic E-state index is 0.0574. The van der Waals surface area contributed by atoms with Gasteiger partial charge in [-0.2, -0.15) is 0 Å². The van der Waals surface area contributed by atoms with Crippen molar-refractivity contribution >= 4 is 0 Å². The van der Waals surface area contributed by atoms with E-state index in [-0.39, 0.29) is 12.6 Å². The Kier molecular flexibility index (Phi) is 7.10. The number of hydrogen-bond acceptors (Lipinski definition) is 2. The molecule has 3 N–H and O–H groups in total. The van der Waals surface area contributed by atoms with E-state index >= 15 is 0 Å². The van der Waals surface area contributed by atoms with Crippen LogP contribution in [0.15, 0.2) is 24.3 Å². The van der Waals surface area contributed by atoms with Crippen molar-refractivity contribution in [3.05, 3.63) is 24.3 Å². The highest BCUT2D eigenvalue weighted by atomic mass is 16.3. The van der Waals surface area contributed by atoms with Crippen molar-refractivity contribution in [2.45, 2.75) is 25.8 Å². The standard InChI is InChI=1S/C9H17NO/c1-2-3-4-5-6-7-9(10)8-11/h3-6,9,11H,2,7-8,10H2,1H3/b4-3+,6-5+. The minimum Gasteiger partial charge on any atom is -0.395 e. The molecule has 2 heteroatoms. The molecule has 0 amide bonds. The Labute approximate surface area is 68.4 Å². The molecular weight excluding hydrogens is 138 g/mol. The number of allylic oxidation sites excluding steroid dienone is 3. The molecule has 0 heterocycles. The fraction of sp³-hybridized carbons (Fsp3) is 0.556. The smallest absolute Gasteiger partial charge is 0.0585 e. The van der Waals surface area contributed by atoms with E-state index in [0.29, 0.717) is 0 Å². The molecule has 0 aromatic rings. The van der Waals surface area contributed by atoms with Gasteiger partial charge in [-0.1, -0.05) is 31.2 Å². The van der Waals surface area contributed by atoms with Gasteiger partial charge in [0.1, 0.15) is 0 Å². The van der Waals surface area contributed by atoms with Crippen LogP contribution in [0.4, 0.5) is 0 Å². The van der Waals surface area contributed by atoms with Crippen LogP contribution in [0.5, 0.6) is 0 Å². The summed E-state index contributed by atoms with van der Waals surface area (Å²) in [6.07, 6.45) is 9.78. The third-order valence-corrected chi connectivity index (χ3v) is 1.29. The maximum atomic E-state index is 8.56. The molecule has 0 aromatic carbocycles. The van der Waals surface area contributed by atoms with Crippen molar-refractivity contribution in [2.75, 3.05) is 6.61 Å². The second kappa shape index (κ2) is 7.51. The van der Waals surface area contributed by atoms with Crippen molar-refractivity contribution in [1.82, 2.24) is 0 Å². The van der Waals surface area contributed by atoms with Gasteiger partial charge in [-0.25, -0.2) is 0 Å². The number of aliphatic hydroxyl groups excluding tert-OH is 1. The topological polar surface area (TPSA) is 46.2 Å². The van der Waals surface area contributed by atoms with Crippen LogP contribution in [0.3, 0.4) is 0 Å². The summed E-state index contributed by atoms with van der Waals surface area (Å²) in [6, 6.07) is -0.110. The lowest BCUT2D eigenvalue weighted by atomic mass is 10.2. The minimum atomic E-state index is -0.110. The highest BCUT2D eigenvalue weighted by Gasteiger charge is 1.93. The molecule has 0 rings (SSSR count).